The molecule has 0 radical (unpaired) electrons. The third kappa shape index (κ3) is 2.76. The van der Waals surface area contributed by atoms with E-state index in [2.05, 4.69) is 0 Å². The summed E-state index contributed by atoms with van der Waals surface area (Å²) in [5.41, 5.74) is -0.343. The minimum Gasteiger partial charge on any atom is -0.203 e. The highest BCUT2D eigenvalue weighted by Gasteiger charge is 2.22. The van der Waals surface area contributed by atoms with E-state index in [1.54, 1.807) is 24.3 Å². The normalized spacial score (nSPS) is 10.8. The average molecular weight is 286 g/mol. The molecule has 0 fully saturated rings. The van der Waals surface area contributed by atoms with Crippen molar-refractivity contribution in [2.24, 2.45) is 0 Å². The molecule has 0 saturated heterocycles. The van der Waals surface area contributed by atoms with Gasteiger partial charge in [-0.3, -0.25) is 0 Å². The van der Waals surface area contributed by atoms with Crippen LogP contribution in [0.5, 0.6) is 0 Å². The molecule has 0 unspecified atom stereocenters. The van der Waals surface area contributed by atoms with Gasteiger partial charge in [0.2, 0.25) is 0 Å². The van der Waals surface area contributed by atoms with Gasteiger partial charge >= 0.3 is 0 Å². The van der Waals surface area contributed by atoms with Crippen molar-refractivity contribution in [2.45, 2.75) is 17.6 Å². The van der Waals surface area contributed by atoms with Crippen LogP contribution in [-0.4, -0.2) is 0 Å². The Balaban J connectivity index is 2.31. The Morgan fingerprint density at radius 1 is 0.842 bits per heavy atom. The number of thioether (sulfide) groups is 1. The topological polar surface area (TPSA) is 0 Å². The Morgan fingerprint density at radius 3 is 2.05 bits per heavy atom. The summed E-state index contributed by atoms with van der Waals surface area (Å²) < 4.78 is 53.1. The Labute approximate surface area is 112 Å². The van der Waals surface area contributed by atoms with Crippen LogP contribution in [0.2, 0.25) is 0 Å². The van der Waals surface area contributed by atoms with Gasteiger partial charge in [-0.15, -0.1) is 11.8 Å². The zero-order valence-corrected chi connectivity index (χ0v) is 10.8. The van der Waals surface area contributed by atoms with Crippen molar-refractivity contribution in [3.05, 3.63) is 64.7 Å². The van der Waals surface area contributed by atoms with Gasteiger partial charge in [0.1, 0.15) is 0 Å². The van der Waals surface area contributed by atoms with Crippen LogP contribution in [0.15, 0.2) is 35.2 Å². The van der Waals surface area contributed by atoms with Crippen molar-refractivity contribution in [1.29, 1.82) is 0 Å². The maximum atomic E-state index is 13.6. The summed E-state index contributed by atoms with van der Waals surface area (Å²) in [6.45, 7) is 1.24. The van der Waals surface area contributed by atoms with Crippen molar-refractivity contribution in [3.63, 3.8) is 0 Å². The van der Waals surface area contributed by atoms with E-state index in [4.69, 9.17) is 0 Å². The third-order valence-electron chi connectivity index (χ3n) is 2.75. The summed E-state index contributed by atoms with van der Waals surface area (Å²) in [6, 6.07) is 9.03. The Kier molecular flexibility index (Phi) is 4.14. The first-order chi connectivity index (χ1) is 9.02. The lowest BCUT2D eigenvalue weighted by atomic mass is 10.1. The van der Waals surface area contributed by atoms with Crippen LogP contribution in [0.4, 0.5) is 17.6 Å². The van der Waals surface area contributed by atoms with Gasteiger partial charge < -0.3 is 0 Å². The molecule has 0 amide bonds. The van der Waals surface area contributed by atoms with Crippen molar-refractivity contribution < 1.29 is 17.6 Å². The maximum Gasteiger partial charge on any atom is 0.197 e. The van der Waals surface area contributed by atoms with Crippen LogP contribution in [0, 0.1) is 30.2 Å². The maximum absolute atomic E-state index is 13.6. The molecule has 0 aliphatic heterocycles. The smallest absolute Gasteiger partial charge is 0.197 e. The van der Waals surface area contributed by atoms with Crippen LogP contribution < -0.4 is 0 Å². The lowest BCUT2D eigenvalue weighted by Gasteiger charge is -2.10. The molecule has 0 aliphatic carbocycles. The van der Waals surface area contributed by atoms with Gasteiger partial charge in [-0.25, -0.2) is 17.6 Å². The fraction of sp³-hybridized carbons (Fsp3) is 0.143. The van der Waals surface area contributed by atoms with Gasteiger partial charge in [0.25, 0.3) is 0 Å². The third-order valence-corrected chi connectivity index (χ3v) is 3.79. The van der Waals surface area contributed by atoms with Crippen molar-refractivity contribution in [1.82, 2.24) is 0 Å². The Morgan fingerprint density at radius 2 is 1.42 bits per heavy atom. The van der Waals surface area contributed by atoms with E-state index in [-0.39, 0.29) is 16.9 Å². The molecular formula is C14H10F4S. The quantitative estimate of drug-likeness (QED) is 0.336. The van der Waals surface area contributed by atoms with Gasteiger partial charge in [0, 0.05) is 16.2 Å². The summed E-state index contributed by atoms with van der Waals surface area (Å²) in [6.07, 6.45) is 0. The summed E-state index contributed by atoms with van der Waals surface area (Å²) in [5.74, 6) is -6.13. The first-order valence-corrected chi connectivity index (χ1v) is 6.50. The van der Waals surface area contributed by atoms with Gasteiger partial charge in [0.15, 0.2) is 23.3 Å². The van der Waals surface area contributed by atoms with E-state index in [0.717, 1.165) is 4.90 Å². The molecule has 100 valence electrons. The van der Waals surface area contributed by atoms with E-state index in [1.807, 2.05) is 6.07 Å². The molecule has 0 aliphatic rings. The minimum atomic E-state index is -1.76. The van der Waals surface area contributed by atoms with Crippen molar-refractivity contribution >= 4 is 11.8 Å². The largest absolute Gasteiger partial charge is 0.203 e. The molecule has 0 N–H and O–H groups in total. The predicted molar refractivity (Wildman–Crippen MR) is 67.0 cm³/mol. The summed E-state index contributed by atoms with van der Waals surface area (Å²) in [4.78, 5) is 0.839. The van der Waals surface area contributed by atoms with E-state index in [9.17, 15) is 17.6 Å². The first-order valence-electron chi connectivity index (χ1n) is 5.51. The van der Waals surface area contributed by atoms with Crippen LogP contribution in [0.1, 0.15) is 11.1 Å². The van der Waals surface area contributed by atoms with Crippen molar-refractivity contribution in [3.8, 4) is 0 Å². The lowest BCUT2D eigenvalue weighted by molar-refractivity contribution is 0.402. The highest BCUT2D eigenvalue weighted by Crippen LogP contribution is 2.29. The molecule has 0 atom stereocenters. The fourth-order valence-corrected chi connectivity index (χ4v) is 2.63. The van der Waals surface area contributed by atoms with Crippen molar-refractivity contribution in [2.75, 3.05) is 0 Å². The molecule has 0 spiro atoms. The number of hydrogen-bond acceptors (Lipinski definition) is 1. The van der Waals surface area contributed by atoms with E-state index < -0.39 is 23.3 Å². The standard InChI is InChI=1S/C14H10F4S/c1-8-10(7-19-9-5-3-2-4-6-9)12(16)14(18)13(17)11(8)15/h2-6H,7H2,1H3. The SMILES string of the molecule is Cc1c(F)c(F)c(F)c(F)c1CSc1ccccc1. The molecule has 0 saturated carbocycles. The van der Waals surface area contributed by atoms with E-state index >= 15 is 0 Å². The lowest BCUT2D eigenvalue weighted by Crippen LogP contribution is -2.05. The van der Waals surface area contributed by atoms with Crippen LogP contribution in [0.3, 0.4) is 0 Å². The van der Waals surface area contributed by atoms with Gasteiger partial charge in [0.05, 0.1) is 0 Å². The van der Waals surface area contributed by atoms with E-state index in [0.29, 0.717) is 0 Å². The number of benzene rings is 2. The predicted octanol–water partition coefficient (Wildman–Crippen LogP) is 4.84. The first kappa shape index (κ1) is 13.9. The Hall–Kier alpha value is -1.49. The summed E-state index contributed by atoms with van der Waals surface area (Å²) in [7, 11) is 0. The molecule has 2 rings (SSSR count). The van der Waals surface area contributed by atoms with Crippen LogP contribution >= 0.6 is 11.8 Å². The average Bonchev–Trinajstić information content (AvgIpc) is 2.44. The molecule has 2 aromatic rings. The highest BCUT2D eigenvalue weighted by molar-refractivity contribution is 7.98. The summed E-state index contributed by atoms with van der Waals surface area (Å²) >= 11 is 1.23. The van der Waals surface area contributed by atoms with E-state index in [1.165, 1.54) is 18.7 Å². The molecule has 19 heavy (non-hydrogen) atoms. The molecule has 0 nitrogen and oxygen atoms in total. The minimum absolute atomic E-state index is 0.0375. The number of halogens is 4. The van der Waals surface area contributed by atoms with Gasteiger partial charge in [-0.05, 0) is 24.6 Å². The second kappa shape index (κ2) is 5.65. The molecule has 0 aromatic heterocycles. The van der Waals surface area contributed by atoms with Gasteiger partial charge in [-0.2, -0.15) is 0 Å². The molecule has 0 heterocycles. The van der Waals surface area contributed by atoms with Crippen LogP contribution in [-0.2, 0) is 5.75 Å². The second-order valence-electron chi connectivity index (χ2n) is 3.96. The summed E-state index contributed by atoms with van der Waals surface area (Å²) in [5, 5.41) is 0. The number of hydrogen-bond donors (Lipinski definition) is 0. The zero-order chi connectivity index (χ0) is 14.0. The number of rotatable bonds is 3. The monoisotopic (exact) mass is 286 g/mol. The van der Waals surface area contributed by atoms with Crippen LogP contribution in [0.25, 0.3) is 0 Å². The highest BCUT2D eigenvalue weighted by atomic mass is 32.2. The second-order valence-corrected chi connectivity index (χ2v) is 5.01. The molecule has 2 aromatic carbocycles. The zero-order valence-electron chi connectivity index (χ0n) is 10.0. The molecule has 5 heteroatoms. The Bertz CT molecular complexity index is 567. The molecular weight excluding hydrogens is 276 g/mol. The fourth-order valence-electron chi connectivity index (χ4n) is 1.63. The molecule has 0 bridgehead atoms. The van der Waals surface area contributed by atoms with Gasteiger partial charge in [-0.1, -0.05) is 18.2 Å².